The average molecular weight is 2010 g/mol. The Hall–Kier alpha value is -18.2. The van der Waals surface area contributed by atoms with E-state index in [0.717, 1.165) is 107 Å². The lowest BCUT2D eigenvalue weighted by Gasteiger charge is -2.27. The number of hydrogen-bond acceptors (Lipinski definition) is 12. The Kier molecular flexibility index (Phi) is 22.8. The van der Waals surface area contributed by atoms with Crippen molar-refractivity contribution in [2.45, 2.75) is 0 Å². The molecule has 0 unspecified atom stereocenters. The number of furan rings is 1. The van der Waals surface area contributed by atoms with Crippen molar-refractivity contribution in [3.63, 3.8) is 0 Å². The highest BCUT2D eigenvalue weighted by molar-refractivity contribution is 7.28. The molecular weight excluding hydrogens is 1920 g/mol. The van der Waals surface area contributed by atoms with E-state index >= 15 is 0 Å². The Morgan fingerprint density at radius 2 is 0.327 bits per heavy atom. The molecule has 30 aromatic rings. The molecule has 708 valence electrons. The first kappa shape index (κ1) is 89.4. The minimum absolute atomic E-state index is 0.894. The van der Waals surface area contributed by atoms with Crippen molar-refractivity contribution in [2.24, 2.45) is 0 Å². The summed E-state index contributed by atoms with van der Waals surface area (Å²) in [4.78, 5) is 14.3. The summed E-state index contributed by atoms with van der Waals surface area (Å²) in [6.07, 6.45) is 0. The molecule has 30 rings (SSSR count). The van der Waals surface area contributed by atoms with Gasteiger partial charge in [-0.25, -0.2) is 0 Å². The third kappa shape index (κ3) is 16.1. The molecule has 150 heavy (non-hydrogen) atoms. The van der Waals surface area contributed by atoms with Gasteiger partial charge in [0, 0.05) is 229 Å². The van der Waals surface area contributed by atoms with Gasteiger partial charge < -0.3 is 33.8 Å². The molecular formula is C138H90N6OS5. The highest BCUT2D eigenvalue weighted by Gasteiger charge is 2.28. The summed E-state index contributed by atoms with van der Waals surface area (Å²) in [6.45, 7) is 0. The molecule has 12 heteroatoms. The zero-order valence-electron chi connectivity index (χ0n) is 81.1. The number of nitrogens with zero attached hydrogens (tertiary/aromatic N) is 6. The van der Waals surface area contributed by atoms with Crippen LogP contribution in [0.2, 0.25) is 0 Å². The van der Waals surface area contributed by atoms with Gasteiger partial charge in [0.1, 0.15) is 11.2 Å². The van der Waals surface area contributed by atoms with Crippen LogP contribution >= 0.6 is 56.7 Å². The van der Waals surface area contributed by atoms with Gasteiger partial charge in [0.2, 0.25) is 0 Å². The summed E-state index contributed by atoms with van der Waals surface area (Å²) in [6, 6.07) is 197. The van der Waals surface area contributed by atoms with E-state index in [1.165, 1.54) is 150 Å². The zero-order valence-corrected chi connectivity index (χ0v) is 85.2. The van der Waals surface area contributed by atoms with Gasteiger partial charge in [0.25, 0.3) is 0 Å². The van der Waals surface area contributed by atoms with Crippen molar-refractivity contribution in [1.29, 1.82) is 0 Å². The Morgan fingerprint density at radius 1 is 0.113 bits per heavy atom. The molecule has 0 atom stereocenters. The van der Waals surface area contributed by atoms with Gasteiger partial charge >= 0.3 is 0 Å². The molecule has 0 amide bonds. The molecule has 0 aliphatic heterocycles. The molecule has 0 saturated carbocycles. The Bertz CT molecular complexity index is 9820. The van der Waals surface area contributed by atoms with E-state index in [2.05, 4.69) is 563 Å². The molecule has 0 aliphatic rings. The Morgan fingerprint density at radius 3 is 0.660 bits per heavy atom. The molecule has 0 bridgehead atoms. The fourth-order valence-electron chi connectivity index (χ4n) is 22.1. The minimum Gasteiger partial charge on any atom is -0.456 e. The van der Waals surface area contributed by atoms with Crippen LogP contribution < -0.4 is 29.4 Å². The number of thiophene rings is 5. The van der Waals surface area contributed by atoms with E-state index < -0.39 is 0 Å². The lowest BCUT2D eigenvalue weighted by atomic mass is 10.0. The summed E-state index contributed by atoms with van der Waals surface area (Å²) in [5, 5.41) is 22.6. The van der Waals surface area contributed by atoms with E-state index in [9.17, 15) is 0 Å². The van der Waals surface area contributed by atoms with Crippen LogP contribution in [0, 0.1) is 0 Å². The summed E-state index contributed by atoms with van der Waals surface area (Å²) in [5.74, 6) is 0. The second-order valence-electron chi connectivity index (χ2n) is 37.7. The standard InChI is InChI=1S/C46H30N2OS.2C46H30N2S2/c2*1-4-14-31(15-5-1)47(34-25-27-44-40(28-34)37-21-12-13-23-43(37)49-44)35-24-26-38-41-30-42(36-20-10-11-22-39(36)46(41)50-45(38)29-35)48(32-16-6-2-7-17-32)33-18-8-3-9-19-33;1-4-14-31(15-5-1)47(34-24-26-38-37-21-12-13-23-43(37)49-44(38)28-34)35-25-27-39-41-30-42(36-20-10-11-22-40(36)46(41)50-45(39)29-35)48(32-16-6-2-7-17-32)33-18-8-3-9-19-33/h3*1-30H. The molecule has 7 nitrogen and oxygen atoms in total. The predicted molar refractivity (Wildman–Crippen MR) is 652 cm³/mol. The van der Waals surface area contributed by atoms with Crippen LogP contribution in [0.15, 0.2) is 550 Å². The number of benzene rings is 24. The van der Waals surface area contributed by atoms with Crippen LogP contribution in [0.5, 0.6) is 0 Å². The van der Waals surface area contributed by atoms with Crippen LogP contribution in [0.1, 0.15) is 0 Å². The first-order chi connectivity index (χ1) is 74.4. The summed E-state index contributed by atoms with van der Waals surface area (Å²) < 4.78 is 19.2. The van der Waals surface area contributed by atoms with Crippen LogP contribution in [0.3, 0.4) is 0 Å². The maximum Gasteiger partial charge on any atom is 0.135 e. The van der Waals surface area contributed by atoms with Gasteiger partial charge in [-0.15, -0.1) is 56.7 Å². The Labute approximate surface area is 886 Å². The van der Waals surface area contributed by atoms with E-state index in [-0.39, 0.29) is 0 Å². The SMILES string of the molecule is c1ccc(N(c2ccc3c(c2)sc2c4ccccc4c(N(c4ccccc4)c4ccccc4)cc32)c2ccc3oc4ccccc4c3c2)cc1.c1ccc(N(c2ccc3c(c2)sc2c4ccccc4c(N(c4ccccc4)c4ccccc4)cc32)c2ccc3sc4ccccc4c3c2)cc1.c1ccc(N(c2ccc3c(c2)sc2ccccc23)c2ccc3c(c2)sc2c4ccccc4c(N(c4ccccc4)c4ccccc4)cc32)cc1. The number of fused-ring (bicyclic) bond motifs is 24. The van der Waals surface area contributed by atoms with Gasteiger partial charge in [-0.2, -0.15) is 0 Å². The number of anilines is 18. The molecule has 0 fully saturated rings. The van der Waals surface area contributed by atoms with Crippen molar-refractivity contribution in [3.05, 3.63) is 546 Å². The first-order valence-electron chi connectivity index (χ1n) is 50.5. The maximum atomic E-state index is 6.19. The summed E-state index contributed by atoms with van der Waals surface area (Å²) >= 11 is 9.37. The van der Waals surface area contributed by atoms with Gasteiger partial charge in [-0.3, -0.25) is 0 Å². The Balaban J connectivity index is 0.000000108. The lowest BCUT2D eigenvalue weighted by molar-refractivity contribution is 0.669. The predicted octanol–water partition coefficient (Wildman–Crippen LogP) is 43.1. The average Bonchev–Trinajstić information content (AvgIpc) is 1.55. The van der Waals surface area contributed by atoms with Gasteiger partial charge in [-0.1, -0.05) is 315 Å². The molecule has 6 aromatic heterocycles. The van der Waals surface area contributed by atoms with Crippen molar-refractivity contribution < 1.29 is 4.42 Å². The first-order valence-corrected chi connectivity index (χ1v) is 54.6. The fourth-order valence-corrected chi connectivity index (χ4v) is 28.0. The maximum absolute atomic E-state index is 6.19. The molecule has 0 aliphatic carbocycles. The second-order valence-corrected chi connectivity index (χ2v) is 43.0. The summed E-state index contributed by atoms with van der Waals surface area (Å²) in [7, 11) is 0. The molecule has 0 N–H and O–H groups in total. The van der Waals surface area contributed by atoms with Gasteiger partial charge in [0.05, 0.1) is 17.1 Å². The molecule has 24 aromatic carbocycles. The minimum atomic E-state index is 0.894. The number of rotatable bonds is 18. The third-order valence-electron chi connectivity index (χ3n) is 28.8. The highest BCUT2D eigenvalue weighted by atomic mass is 32.1. The second kappa shape index (κ2) is 38.3. The van der Waals surface area contributed by atoms with Gasteiger partial charge in [-0.05, 0) is 231 Å². The smallest absolute Gasteiger partial charge is 0.135 e. The van der Waals surface area contributed by atoms with Crippen LogP contribution in [-0.2, 0) is 0 Å². The number of hydrogen-bond donors (Lipinski definition) is 0. The van der Waals surface area contributed by atoms with Crippen molar-refractivity contribution >= 4 is 314 Å². The molecule has 0 radical (unpaired) electrons. The fraction of sp³-hybridized carbons (Fsp3) is 0. The molecule has 0 spiro atoms. The van der Waals surface area contributed by atoms with Crippen molar-refractivity contribution in [1.82, 2.24) is 0 Å². The highest BCUT2D eigenvalue weighted by Crippen LogP contribution is 2.55. The van der Waals surface area contributed by atoms with Crippen molar-refractivity contribution in [3.8, 4) is 0 Å². The monoisotopic (exact) mass is 2010 g/mol. The van der Waals surface area contributed by atoms with Crippen molar-refractivity contribution in [2.75, 3.05) is 29.4 Å². The number of para-hydroxylation sites is 10. The van der Waals surface area contributed by atoms with Crippen LogP contribution in [0.4, 0.5) is 102 Å². The third-order valence-corrected chi connectivity index (χ3v) is 34.7. The van der Waals surface area contributed by atoms with Crippen LogP contribution in [0.25, 0.3) is 155 Å². The quantitative estimate of drug-likeness (QED) is 0.0846. The summed E-state index contributed by atoms with van der Waals surface area (Å²) in [5.41, 5.74) is 22.3. The molecule has 6 heterocycles. The van der Waals surface area contributed by atoms with Crippen LogP contribution in [-0.4, -0.2) is 0 Å². The lowest BCUT2D eigenvalue weighted by Crippen LogP contribution is -2.10. The van der Waals surface area contributed by atoms with E-state index in [4.69, 9.17) is 4.42 Å². The zero-order chi connectivity index (χ0) is 99.1. The van der Waals surface area contributed by atoms with E-state index in [1.54, 1.807) is 0 Å². The topological polar surface area (TPSA) is 32.6 Å². The normalized spacial score (nSPS) is 11.6. The largest absolute Gasteiger partial charge is 0.456 e. The molecule has 0 saturated heterocycles. The van der Waals surface area contributed by atoms with Gasteiger partial charge in [0.15, 0.2) is 0 Å². The van der Waals surface area contributed by atoms with E-state index in [0.29, 0.717) is 0 Å². The van der Waals surface area contributed by atoms with E-state index in [1.807, 2.05) is 68.8 Å².